The molecule has 0 bridgehead atoms. The molecule has 1 aliphatic carbocycles. The first-order valence-corrected chi connectivity index (χ1v) is 8.93. The number of sulfonamides is 1. The fourth-order valence-corrected chi connectivity index (χ4v) is 4.57. The normalized spacial score (nSPS) is 25.8. The highest BCUT2D eigenvalue weighted by atomic mass is 32.2. The molecule has 0 aliphatic heterocycles. The molecule has 0 spiro atoms. The molecular weight excluding hydrogens is 302 g/mol. The number of nitrogens with one attached hydrogen (secondary N) is 1. The van der Waals surface area contributed by atoms with Gasteiger partial charge < -0.3 is 11.5 Å². The minimum atomic E-state index is -3.69. The van der Waals surface area contributed by atoms with Crippen molar-refractivity contribution in [3.8, 4) is 0 Å². The van der Waals surface area contributed by atoms with E-state index >= 15 is 0 Å². The first kappa shape index (κ1) is 16.9. The third kappa shape index (κ3) is 3.31. The highest BCUT2D eigenvalue weighted by Crippen LogP contribution is 2.34. The zero-order chi connectivity index (χ0) is 16.4. The smallest absolute Gasteiger partial charge is 0.248 e. The molecule has 1 amide bonds. The highest BCUT2D eigenvalue weighted by Gasteiger charge is 2.40. The summed E-state index contributed by atoms with van der Waals surface area (Å²) in [4.78, 5) is 11.2. The quantitative estimate of drug-likeness (QED) is 0.748. The Bertz CT molecular complexity index is 643. The molecule has 2 atom stereocenters. The fourth-order valence-electron chi connectivity index (χ4n) is 3.04. The van der Waals surface area contributed by atoms with Gasteiger partial charge >= 0.3 is 0 Å². The van der Waals surface area contributed by atoms with Gasteiger partial charge in [-0.25, -0.2) is 13.1 Å². The molecular formula is C15H23N3O3S. The fraction of sp³-hybridized carbons (Fsp3) is 0.533. The second-order valence-electron chi connectivity index (χ2n) is 6.00. The van der Waals surface area contributed by atoms with E-state index in [1.54, 1.807) is 0 Å². The van der Waals surface area contributed by atoms with Gasteiger partial charge in [-0.05, 0) is 43.0 Å². The second kappa shape index (κ2) is 6.36. The van der Waals surface area contributed by atoms with E-state index in [0.29, 0.717) is 0 Å². The van der Waals surface area contributed by atoms with Crippen molar-refractivity contribution in [1.29, 1.82) is 0 Å². The second-order valence-corrected chi connectivity index (χ2v) is 7.68. The maximum Gasteiger partial charge on any atom is 0.248 e. The predicted molar refractivity (Wildman–Crippen MR) is 84.7 cm³/mol. The average molecular weight is 325 g/mol. The highest BCUT2D eigenvalue weighted by molar-refractivity contribution is 7.89. The van der Waals surface area contributed by atoms with Crippen LogP contribution in [-0.4, -0.2) is 26.4 Å². The molecule has 122 valence electrons. The molecule has 1 aliphatic rings. The molecule has 22 heavy (non-hydrogen) atoms. The van der Waals surface area contributed by atoms with Crippen molar-refractivity contribution < 1.29 is 13.2 Å². The standard InChI is InChI=1S/C15H23N3O3S/c1-11-4-2-3-9-15(11,10-16)18-22(20,21)13-7-5-12(6-8-13)14(17)19/h5-8,11,18H,2-4,9-10,16H2,1H3,(H2,17,19). The number of amides is 1. The van der Waals surface area contributed by atoms with Crippen molar-refractivity contribution in [3.63, 3.8) is 0 Å². The van der Waals surface area contributed by atoms with E-state index in [4.69, 9.17) is 11.5 Å². The van der Waals surface area contributed by atoms with E-state index in [0.717, 1.165) is 25.7 Å². The van der Waals surface area contributed by atoms with Crippen molar-refractivity contribution in [1.82, 2.24) is 4.72 Å². The third-order valence-corrected chi connectivity index (χ3v) is 6.17. The van der Waals surface area contributed by atoms with Crippen LogP contribution >= 0.6 is 0 Å². The maximum absolute atomic E-state index is 12.6. The minimum Gasteiger partial charge on any atom is -0.366 e. The summed E-state index contributed by atoms with van der Waals surface area (Å²) in [5.41, 5.74) is 10.7. The molecule has 7 heteroatoms. The SMILES string of the molecule is CC1CCCCC1(CN)NS(=O)(=O)c1ccc(C(N)=O)cc1. The number of carbonyl (C=O) groups is 1. The Kier molecular flexibility index (Phi) is 4.89. The summed E-state index contributed by atoms with van der Waals surface area (Å²) in [5, 5.41) is 0. The van der Waals surface area contributed by atoms with E-state index in [2.05, 4.69) is 4.72 Å². The van der Waals surface area contributed by atoms with Crippen LogP contribution in [0.3, 0.4) is 0 Å². The van der Waals surface area contributed by atoms with E-state index in [1.807, 2.05) is 6.92 Å². The van der Waals surface area contributed by atoms with Crippen LogP contribution in [0.5, 0.6) is 0 Å². The van der Waals surface area contributed by atoms with Gasteiger partial charge in [-0.2, -0.15) is 0 Å². The molecule has 1 aromatic carbocycles. The van der Waals surface area contributed by atoms with Crippen LogP contribution in [0.25, 0.3) is 0 Å². The van der Waals surface area contributed by atoms with E-state index in [9.17, 15) is 13.2 Å². The van der Waals surface area contributed by atoms with Gasteiger partial charge in [0.1, 0.15) is 0 Å². The van der Waals surface area contributed by atoms with Crippen LogP contribution in [0, 0.1) is 5.92 Å². The topological polar surface area (TPSA) is 115 Å². The first-order chi connectivity index (χ1) is 10.3. The monoisotopic (exact) mass is 325 g/mol. The Hall–Kier alpha value is -1.44. The molecule has 5 N–H and O–H groups in total. The Morgan fingerprint density at radius 2 is 1.95 bits per heavy atom. The average Bonchev–Trinajstić information content (AvgIpc) is 2.49. The van der Waals surface area contributed by atoms with Gasteiger partial charge in [0.15, 0.2) is 0 Å². The molecule has 0 heterocycles. The van der Waals surface area contributed by atoms with E-state index in [-0.39, 0.29) is 22.9 Å². The lowest BCUT2D eigenvalue weighted by Gasteiger charge is -2.42. The number of hydrogen-bond acceptors (Lipinski definition) is 4. The molecule has 0 radical (unpaired) electrons. The molecule has 2 unspecified atom stereocenters. The van der Waals surface area contributed by atoms with Crippen molar-refractivity contribution in [3.05, 3.63) is 29.8 Å². The van der Waals surface area contributed by atoms with E-state index < -0.39 is 21.5 Å². The van der Waals surface area contributed by atoms with Gasteiger partial charge in [0, 0.05) is 17.6 Å². The molecule has 1 saturated carbocycles. The number of carbonyl (C=O) groups excluding carboxylic acids is 1. The first-order valence-electron chi connectivity index (χ1n) is 7.45. The lowest BCUT2D eigenvalue weighted by atomic mass is 9.74. The number of hydrogen-bond donors (Lipinski definition) is 3. The molecule has 2 rings (SSSR count). The van der Waals surface area contributed by atoms with E-state index in [1.165, 1.54) is 24.3 Å². The summed E-state index contributed by atoms with van der Waals surface area (Å²) in [6.45, 7) is 2.30. The van der Waals surface area contributed by atoms with Crippen molar-refractivity contribution in [2.45, 2.75) is 43.0 Å². The summed E-state index contributed by atoms with van der Waals surface area (Å²) in [7, 11) is -3.69. The predicted octanol–water partition coefficient (Wildman–Crippen LogP) is 0.971. The van der Waals surface area contributed by atoms with Gasteiger partial charge in [0.25, 0.3) is 0 Å². The van der Waals surface area contributed by atoms with Crippen molar-refractivity contribution >= 4 is 15.9 Å². The summed E-state index contributed by atoms with van der Waals surface area (Å²) in [5.74, 6) is -0.401. The van der Waals surface area contributed by atoms with Crippen LogP contribution in [0.2, 0.25) is 0 Å². The summed E-state index contributed by atoms with van der Waals surface area (Å²) in [6.07, 6.45) is 3.76. The summed E-state index contributed by atoms with van der Waals surface area (Å²) in [6, 6.07) is 5.60. The minimum absolute atomic E-state index is 0.114. The van der Waals surface area contributed by atoms with Crippen LogP contribution in [-0.2, 0) is 10.0 Å². The van der Waals surface area contributed by atoms with Gasteiger partial charge in [0.2, 0.25) is 15.9 Å². The van der Waals surface area contributed by atoms with Gasteiger partial charge in [-0.15, -0.1) is 0 Å². The molecule has 0 saturated heterocycles. The zero-order valence-electron chi connectivity index (χ0n) is 12.7. The van der Waals surface area contributed by atoms with Gasteiger partial charge in [-0.1, -0.05) is 19.8 Å². The third-order valence-electron chi connectivity index (χ3n) is 4.60. The van der Waals surface area contributed by atoms with Gasteiger partial charge in [0.05, 0.1) is 4.90 Å². The molecule has 6 nitrogen and oxygen atoms in total. The maximum atomic E-state index is 12.6. The van der Waals surface area contributed by atoms with Crippen LogP contribution < -0.4 is 16.2 Å². The Morgan fingerprint density at radius 1 is 1.32 bits per heavy atom. The van der Waals surface area contributed by atoms with Crippen molar-refractivity contribution in [2.75, 3.05) is 6.54 Å². The summed E-state index contributed by atoms with van der Waals surface area (Å²) < 4.78 is 28.0. The van der Waals surface area contributed by atoms with Crippen LogP contribution in [0.1, 0.15) is 43.0 Å². The Balaban J connectivity index is 2.27. The van der Waals surface area contributed by atoms with Crippen molar-refractivity contribution in [2.24, 2.45) is 17.4 Å². The van der Waals surface area contributed by atoms with Gasteiger partial charge in [-0.3, -0.25) is 4.79 Å². The van der Waals surface area contributed by atoms with Crippen LogP contribution in [0.4, 0.5) is 0 Å². The number of benzene rings is 1. The largest absolute Gasteiger partial charge is 0.366 e. The Morgan fingerprint density at radius 3 is 2.45 bits per heavy atom. The molecule has 0 aromatic heterocycles. The number of rotatable bonds is 5. The lowest BCUT2D eigenvalue weighted by Crippen LogP contribution is -2.58. The lowest BCUT2D eigenvalue weighted by molar-refractivity contribution is 0.1000. The summed E-state index contributed by atoms with van der Waals surface area (Å²) >= 11 is 0. The zero-order valence-corrected chi connectivity index (χ0v) is 13.5. The Labute approximate surface area is 131 Å². The molecule has 1 aromatic rings. The van der Waals surface area contributed by atoms with Crippen LogP contribution in [0.15, 0.2) is 29.2 Å². The molecule has 1 fully saturated rings. The number of primary amides is 1. The number of nitrogens with two attached hydrogens (primary N) is 2.